The summed E-state index contributed by atoms with van der Waals surface area (Å²) in [5, 5.41) is 9.93. The molecule has 1 atom stereocenters. The van der Waals surface area contributed by atoms with Crippen LogP contribution in [-0.4, -0.2) is 17.0 Å². The number of hydrogen-bond acceptors (Lipinski definition) is 2. The summed E-state index contributed by atoms with van der Waals surface area (Å²) in [5.74, 6) is 0.131. The predicted molar refractivity (Wildman–Crippen MR) is 70.8 cm³/mol. The predicted octanol–water partition coefficient (Wildman–Crippen LogP) is 3.33. The summed E-state index contributed by atoms with van der Waals surface area (Å²) >= 11 is 0. The molecule has 0 fully saturated rings. The van der Waals surface area contributed by atoms with Crippen molar-refractivity contribution >= 4 is 5.78 Å². The molecular weight excluding hydrogens is 212 g/mol. The molecule has 0 aromatic rings. The molecule has 1 aliphatic rings. The van der Waals surface area contributed by atoms with E-state index in [0.717, 1.165) is 24.0 Å². The maximum atomic E-state index is 11.6. The summed E-state index contributed by atoms with van der Waals surface area (Å²) in [5.41, 5.74) is 4.02. The highest BCUT2D eigenvalue weighted by Gasteiger charge is 2.22. The molecule has 0 aromatic carbocycles. The van der Waals surface area contributed by atoms with Gasteiger partial charge in [-0.05, 0) is 57.8 Å². The molecule has 0 saturated carbocycles. The molecule has 1 N–H and O–H groups in total. The molecule has 1 unspecified atom stereocenters. The average Bonchev–Trinajstić information content (AvgIpc) is 2.22. The first-order valence-corrected chi connectivity index (χ1v) is 6.13. The molecule has 0 aromatic heterocycles. The molecule has 0 amide bonds. The van der Waals surface area contributed by atoms with Crippen LogP contribution in [0.5, 0.6) is 0 Å². The summed E-state index contributed by atoms with van der Waals surface area (Å²) in [6.45, 7) is 7.93. The minimum atomic E-state index is -0.570. The Morgan fingerprint density at radius 1 is 1.47 bits per heavy atom. The number of carbonyl (C=O) groups is 1. The van der Waals surface area contributed by atoms with Gasteiger partial charge in [-0.2, -0.15) is 0 Å². The first kappa shape index (κ1) is 13.9. The zero-order chi connectivity index (χ0) is 13.0. The number of carbonyl (C=O) groups excluding carboxylic acids is 1. The molecular formula is C15H22O2. The van der Waals surface area contributed by atoms with Crippen LogP contribution in [0.2, 0.25) is 0 Å². The van der Waals surface area contributed by atoms with E-state index in [0.29, 0.717) is 12.0 Å². The largest absolute Gasteiger partial charge is 0.385 e. The van der Waals surface area contributed by atoms with Gasteiger partial charge in [0, 0.05) is 6.42 Å². The summed E-state index contributed by atoms with van der Waals surface area (Å²) < 4.78 is 0. The number of aliphatic hydroxyl groups excluding tert-OH is 1. The number of aliphatic hydroxyl groups is 1. The van der Waals surface area contributed by atoms with Crippen molar-refractivity contribution in [2.24, 2.45) is 0 Å². The van der Waals surface area contributed by atoms with E-state index in [4.69, 9.17) is 0 Å². The maximum absolute atomic E-state index is 11.6. The van der Waals surface area contributed by atoms with E-state index in [1.807, 2.05) is 6.92 Å². The van der Waals surface area contributed by atoms with Gasteiger partial charge in [-0.25, -0.2) is 0 Å². The van der Waals surface area contributed by atoms with Crippen LogP contribution < -0.4 is 0 Å². The number of Topliss-reactive ketones (excluding diaryl/α,β-unsaturated/α-hetero) is 1. The lowest BCUT2D eigenvalue weighted by molar-refractivity contribution is -0.115. The molecule has 0 bridgehead atoms. The SMILES string of the molecule is CC(C)=CCCC(C)=C1CC(=O)C(C)=CC1O. The Balaban J connectivity index is 2.76. The molecule has 1 rings (SSSR count). The minimum absolute atomic E-state index is 0.131. The first-order valence-electron chi connectivity index (χ1n) is 6.13. The van der Waals surface area contributed by atoms with Crippen molar-refractivity contribution in [3.05, 3.63) is 34.4 Å². The van der Waals surface area contributed by atoms with Gasteiger partial charge in [0.1, 0.15) is 0 Å². The highest BCUT2D eigenvalue weighted by molar-refractivity contribution is 5.98. The van der Waals surface area contributed by atoms with E-state index in [-0.39, 0.29) is 5.78 Å². The molecule has 2 nitrogen and oxygen atoms in total. The van der Waals surface area contributed by atoms with Crippen LogP contribution in [0, 0.1) is 0 Å². The van der Waals surface area contributed by atoms with Gasteiger partial charge in [0.25, 0.3) is 0 Å². The first-order chi connectivity index (χ1) is 7.91. The second kappa shape index (κ2) is 5.97. The van der Waals surface area contributed by atoms with Gasteiger partial charge >= 0.3 is 0 Å². The third-order valence-electron chi connectivity index (χ3n) is 3.18. The molecule has 1 aliphatic carbocycles. The monoisotopic (exact) mass is 234 g/mol. The van der Waals surface area contributed by atoms with E-state index >= 15 is 0 Å². The van der Waals surface area contributed by atoms with Crippen LogP contribution in [0.25, 0.3) is 0 Å². The van der Waals surface area contributed by atoms with Crippen molar-refractivity contribution in [1.29, 1.82) is 0 Å². The molecule has 94 valence electrons. The van der Waals surface area contributed by atoms with Gasteiger partial charge in [-0.1, -0.05) is 17.2 Å². The molecule has 0 spiro atoms. The van der Waals surface area contributed by atoms with Gasteiger partial charge in [-0.3, -0.25) is 4.79 Å². The molecule has 17 heavy (non-hydrogen) atoms. The fourth-order valence-corrected chi connectivity index (χ4v) is 1.99. The van der Waals surface area contributed by atoms with E-state index < -0.39 is 6.10 Å². The van der Waals surface area contributed by atoms with E-state index in [9.17, 15) is 9.90 Å². The third kappa shape index (κ3) is 3.97. The lowest BCUT2D eigenvalue weighted by Gasteiger charge is -2.20. The summed E-state index contributed by atoms with van der Waals surface area (Å²) in [6.07, 6.45) is 5.54. The quantitative estimate of drug-likeness (QED) is 0.760. The average molecular weight is 234 g/mol. The Hall–Kier alpha value is -1.15. The second-order valence-corrected chi connectivity index (χ2v) is 5.02. The number of hydrogen-bond donors (Lipinski definition) is 1. The van der Waals surface area contributed by atoms with E-state index in [2.05, 4.69) is 19.9 Å². The van der Waals surface area contributed by atoms with Gasteiger partial charge in [0.05, 0.1) is 6.10 Å². The zero-order valence-electron chi connectivity index (χ0n) is 11.2. The van der Waals surface area contributed by atoms with Gasteiger partial charge in [0.15, 0.2) is 5.78 Å². The second-order valence-electron chi connectivity index (χ2n) is 5.02. The maximum Gasteiger partial charge on any atom is 0.162 e. The van der Waals surface area contributed by atoms with Gasteiger partial charge < -0.3 is 5.11 Å². The summed E-state index contributed by atoms with van der Waals surface area (Å²) in [7, 11) is 0. The zero-order valence-corrected chi connectivity index (χ0v) is 11.2. The lowest BCUT2D eigenvalue weighted by Crippen LogP contribution is -2.20. The highest BCUT2D eigenvalue weighted by Crippen LogP contribution is 2.25. The Labute approximate surface area is 104 Å². The summed E-state index contributed by atoms with van der Waals surface area (Å²) in [6, 6.07) is 0. The Kier molecular flexibility index (Phi) is 4.88. The topological polar surface area (TPSA) is 37.3 Å². The van der Waals surface area contributed by atoms with Crippen LogP contribution in [-0.2, 0) is 4.79 Å². The van der Waals surface area contributed by atoms with E-state index in [1.165, 1.54) is 5.57 Å². The summed E-state index contributed by atoms with van der Waals surface area (Å²) in [4.78, 5) is 11.6. The third-order valence-corrected chi connectivity index (χ3v) is 3.18. The van der Waals surface area contributed by atoms with Crippen LogP contribution in [0.4, 0.5) is 0 Å². The van der Waals surface area contributed by atoms with Crippen LogP contribution in [0.3, 0.4) is 0 Å². The fraction of sp³-hybridized carbons (Fsp3) is 0.533. The smallest absolute Gasteiger partial charge is 0.162 e. The van der Waals surface area contributed by atoms with Crippen molar-refractivity contribution < 1.29 is 9.90 Å². The van der Waals surface area contributed by atoms with Crippen molar-refractivity contribution in [3.63, 3.8) is 0 Å². The molecule has 2 heteroatoms. The van der Waals surface area contributed by atoms with Crippen molar-refractivity contribution in [3.8, 4) is 0 Å². The van der Waals surface area contributed by atoms with Crippen LogP contribution in [0.1, 0.15) is 47.0 Å². The molecule has 0 saturated heterocycles. The molecule has 0 heterocycles. The lowest BCUT2D eigenvalue weighted by atomic mass is 9.88. The fourth-order valence-electron chi connectivity index (χ4n) is 1.99. The van der Waals surface area contributed by atoms with Crippen LogP contribution in [0.15, 0.2) is 34.4 Å². The highest BCUT2D eigenvalue weighted by atomic mass is 16.3. The number of ketones is 1. The Morgan fingerprint density at radius 2 is 2.12 bits per heavy atom. The van der Waals surface area contributed by atoms with Crippen LogP contribution >= 0.6 is 0 Å². The minimum Gasteiger partial charge on any atom is -0.385 e. The van der Waals surface area contributed by atoms with Gasteiger partial charge in [0.2, 0.25) is 0 Å². The molecule has 0 radical (unpaired) electrons. The number of rotatable bonds is 3. The standard InChI is InChI=1S/C15H22O2/c1-10(2)6-5-7-11(3)13-9-14(16)12(4)8-15(13)17/h6,8,15,17H,5,7,9H2,1-4H3. The van der Waals surface area contributed by atoms with Crippen molar-refractivity contribution in [2.75, 3.05) is 0 Å². The molecule has 0 aliphatic heterocycles. The Bertz CT molecular complexity index is 393. The van der Waals surface area contributed by atoms with Gasteiger partial charge in [-0.15, -0.1) is 0 Å². The van der Waals surface area contributed by atoms with Crippen molar-refractivity contribution in [2.45, 2.75) is 53.1 Å². The van der Waals surface area contributed by atoms with Crippen molar-refractivity contribution in [1.82, 2.24) is 0 Å². The van der Waals surface area contributed by atoms with E-state index in [1.54, 1.807) is 13.0 Å². The normalized spacial score (nSPS) is 23.2. The number of allylic oxidation sites excluding steroid dienone is 4. The Morgan fingerprint density at radius 3 is 2.71 bits per heavy atom.